The van der Waals surface area contributed by atoms with Crippen molar-refractivity contribution >= 4 is 0 Å². The van der Waals surface area contributed by atoms with Crippen molar-refractivity contribution in [1.29, 1.82) is 5.26 Å². The second kappa shape index (κ2) is 5.36. The zero-order valence-corrected chi connectivity index (χ0v) is 10.3. The molecule has 0 aliphatic heterocycles. The first-order valence-electron chi connectivity index (χ1n) is 5.39. The van der Waals surface area contributed by atoms with Crippen LogP contribution in [0.15, 0.2) is 0 Å². The van der Waals surface area contributed by atoms with Crippen molar-refractivity contribution in [2.45, 2.75) is 59.4 Å². The Balaban J connectivity index is 3.79. The van der Waals surface area contributed by atoms with E-state index >= 15 is 0 Å². The zero-order chi connectivity index (χ0) is 11.2. The molecule has 0 aliphatic rings. The molecule has 0 saturated carbocycles. The summed E-state index contributed by atoms with van der Waals surface area (Å²) >= 11 is 0. The van der Waals surface area contributed by atoms with E-state index in [4.69, 9.17) is 5.26 Å². The van der Waals surface area contributed by atoms with Gasteiger partial charge in [0, 0.05) is 12.0 Å². The van der Waals surface area contributed by atoms with E-state index in [0.717, 1.165) is 19.4 Å². The number of hydrogen-bond donors (Lipinski definition) is 1. The third-order valence-corrected chi connectivity index (χ3v) is 2.04. The normalized spacial score (nSPS) is 12.6. The molecule has 82 valence electrons. The average Bonchev–Trinajstić information content (AvgIpc) is 1.93. The molecule has 0 rings (SSSR count). The molecule has 0 amide bonds. The minimum absolute atomic E-state index is 0.174. The lowest BCUT2D eigenvalue weighted by Gasteiger charge is -2.33. The van der Waals surface area contributed by atoms with E-state index in [-0.39, 0.29) is 5.54 Å². The molecule has 0 unspecified atom stereocenters. The number of nitrogens with zero attached hydrogens (tertiary/aromatic N) is 1. The van der Waals surface area contributed by atoms with Crippen LogP contribution in [0.5, 0.6) is 0 Å². The minimum Gasteiger partial charge on any atom is -0.312 e. The summed E-state index contributed by atoms with van der Waals surface area (Å²) in [4.78, 5) is 0. The van der Waals surface area contributed by atoms with Crippen LogP contribution in [0.25, 0.3) is 0 Å². The first-order valence-corrected chi connectivity index (χ1v) is 5.39. The Morgan fingerprint density at radius 1 is 1.14 bits per heavy atom. The molecule has 2 nitrogen and oxygen atoms in total. The molecule has 0 bridgehead atoms. The number of rotatable bonds is 5. The Hall–Kier alpha value is -0.550. The summed E-state index contributed by atoms with van der Waals surface area (Å²) in [6.07, 6.45) is 2.75. The number of nitrogens with one attached hydrogen (secondary N) is 1. The molecule has 0 heterocycles. The van der Waals surface area contributed by atoms with E-state index in [9.17, 15) is 0 Å². The second-order valence-corrected chi connectivity index (χ2v) is 5.81. The van der Waals surface area contributed by atoms with Crippen molar-refractivity contribution in [3.8, 4) is 6.07 Å². The lowest BCUT2D eigenvalue weighted by Crippen LogP contribution is -2.42. The molecule has 0 radical (unpaired) electrons. The van der Waals surface area contributed by atoms with Gasteiger partial charge in [0.1, 0.15) is 0 Å². The van der Waals surface area contributed by atoms with Gasteiger partial charge in [-0.2, -0.15) is 5.26 Å². The van der Waals surface area contributed by atoms with Crippen LogP contribution in [0.1, 0.15) is 53.9 Å². The van der Waals surface area contributed by atoms with Crippen LogP contribution in [-0.2, 0) is 0 Å². The lowest BCUT2D eigenvalue weighted by atomic mass is 9.82. The molecule has 0 aliphatic carbocycles. The van der Waals surface area contributed by atoms with Crippen LogP contribution in [0.4, 0.5) is 0 Å². The molecule has 0 aromatic carbocycles. The van der Waals surface area contributed by atoms with Gasteiger partial charge >= 0.3 is 0 Å². The van der Waals surface area contributed by atoms with E-state index in [2.05, 4.69) is 46.0 Å². The van der Waals surface area contributed by atoms with Crippen LogP contribution in [-0.4, -0.2) is 12.1 Å². The van der Waals surface area contributed by atoms with E-state index in [0.29, 0.717) is 11.8 Å². The van der Waals surface area contributed by atoms with Crippen molar-refractivity contribution in [3.63, 3.8) is 0 Å². The largest absolute Gasteiger partial charge is 0.312 e. The second-order valence-electron chi connectivity index (χ2n) is 5.81. The quantitative estimate of drug-likeness (QED) is 0.686. The Morgan fingerprint density at radius 2 is 1.71 bits per heavy atom. The van der Waals surface area contributed by atoms with Gasteiger partial charge in [-0.3, -0.25) is 0 Å². The van der Waals surface area contributed by atoms with Crippen molar-refractivity contribution in [3.05, 3.63) is 0 Å². The van der Waals surface area contributed by atoms with Gasteiger partial charge in [-0.1, -0.05) is 20.8 Å². The predicted octanol–water partition coefficient (Wildman–Crippen LogP) is 3.09. The summed E-state index contributed by atoms with van der Waals surface area (Å²) in [5, 5.41) is 11.9. The Morgan fingerprint density at radius 3 is 2.14 bits per heavy atom. The molecule has 0 aromatic rings. The van der Waals surface area contributed by atoms with Gasteiger partial charge in [0.2, 0.25) is 0 Å². The summed E-state index contributed by atoms with van der Waals surface area (Å²) < 4.78 is 0. The van der Waals surface area contributed by atoms with Crippen molar-refractivity contribution in [1.82, 2.24) is 5.32 Å². The number of unbranched alkanes of at least 4 members (excludes halogenated alkanes) is 1. The van der Waals surface area contributed by atoms with Gasteiger partial charge in [-0.25, -0.2) is 0 Å². The lowest BCUT2D eigenvalue weighted by molar-refractivity contribution is 0.242. The Bertz CT molecular complexity index is 193. The first kappa shape index (κ1) is 13.4. The number of hydrogen-bond acceptors (Lipinski definition) is 2. The van der Waals surface area contributed by atoms with Gasteiger partial charge in [-0.15, -0.1) is 0 Å². The van der Waals surface area contributed by atoms with Gasteiger partial charge < -0.3 is 5.32 Å². The maximum atomic E-state index is 8.40. The predicted molar refractivity (Wildman–Crippen MR) is 61.0 cm³/mol. The molecule has 0 fully saturated rings. The zero-order valence-electron chi connectivity index (χ0n) is 10.3. The van der Waals surface area contributed by atoms with Crippen molar-refractivity contribution in [2.24, 2.45) is 5.41 Å². The van der Waals surface area contributed by atoms with Gasteiger partial charge in [0.05, 0.1) is 6.07 Å². The Labute approximate surface area is 88.7 Å². The van der Waals surface area contributed by atoms with E-state index in [1.54, 1.807) is 0 Å². The molecule has 2 heteroatoms. The molecule has 0 atom stereocenters. The van der Waals surface area contributed by atoms with Crippen LogP contribution < -0.4 is 5.32 Å². The van der Waals surface area contributed by atoms with Crippen molar-refractivity contribution < 1.29 is 0 Å². The molecule has 1 N–H and O–H groups in total. The van der Waals surface area contributed by atoms with Crippen LogP contribution in [0.3, 0.4) is 0 Å². The smallest absolute Gasteiger partial charge is 0.0622 e. The summed E-state index contributed by atoms with van der Waals surface area (Å²) in [6.45, 7) is 12.2. The van der Waals surface area contributed by atoms with Crippen LogP contribution in [0.2, 0.25) is 0 Å². The molecular formula is C12H24N2. The van der Waals surface area contributed by atoms with E-state index in [1.807, 2.05) is 0 Å². The molecule has 0 aromatic heterocycles. The topological polar surface area (TPSA) is 35.8 Å². The highest BCUT2D eigenvalue weighted by molar-refractivity contribution is 4.83. The van der Waals surface area contributed by atoms with Gasteiger partial charge in [0.25, 0.3) is 0 Å². The van der Waals surface area contributed by atoms with Gasteiger partial charge in [0.15, 0.2) is 0 Å². The van der Waals surface area contributed by atoms with Crippen molar-refractivity contribution in [2.75, 3.05) is 6.54 Å². The fourth-order valence-corrected chi connectivity index (χ4v) is 1.98. The third-order valence-electron chi connectivity index (χ3n) is 2.04. The monoisotopic (exact) mass is 196 g/mol. The van der Waals surface area contributed by atoms with E-state index in [1.165, 1.54) is 0 Å². The van der Waals surface area contributed by atoms with E-state index < -0.39 is 0 Å². The summed E-state index contributed by atoms with van der Waals surface area (Å²) in [5.74, 6) is 0. The fourth-order valence-electron chi connectivity index (χ4n) is 1.98. The number of nitriles is 1. The van der Waals surface area contributed by atoms with Crippen LogP contribution in [0, 0.1) is 16.7 Å². The molecular weight excluding hydrogens is 172 g/mol. The summed E-state index contributed by atoms with van der Waals surface area (Å²) in [6, 6.07) is 2.16. The van der Waals surface area contributed by atoms with Crippen LogP contribution >= 0.6 is 0 Å². The summed E-state index contributed by atoms with van der Waals surface area (Å²) in [5.41, 5.74) is 0.527. The maximum Gasteiger partial charge on any atom is 0.0622 e. The SMILES string of the molecule is CC(C)(C)CC(C)(C)NCCCC#N. The third kappa shape index (κ3) is 8.07. The molecule has 0 spiro atoms. The molecule has 14 heavy (non-hydrogen) atoms. The standard InChI is InChI=1S/C12H24N2/c1-11(2,3)10-12(4,5)14-9-7-6-8-13/h14H,6-7,9-10H2,1-5H3. The fraction of sp³-hybridized carbons (Fsp3) is 0.917. The Kier molecular flexibility index (Phi) is 5.15. The highest BCUT2D eigenvalue weighted by Gasteiger charge is 2.24. The first-order chi connectivity index (χ1) is 6.27. The van der Waals surface area contributed by atoms with Gasteiger partial charge in [-0.05, 0) is 38.6 Å². The minimum atomic E-state index is 0.174. The molecule has 0 saturated heterocycles. The summed E-state index contributed by atoms with van der Waals surface area (Å²) in [7, 11) is 0. The maximum absolute atomic E-state index is 8.40. The highest BCUT2D eigenvalue weighted by Crippen LogP contribution is 2.26. The highest BCUT2D eigenvalue weighted by atomic mass is 14.9. The average molecular weight is 196 g/mol.